The number of amides is 1. The van der Waals surface area contributed by atoms with Gasteiger partial charge >= 0.3 is 0 Å². The van der Waals surface area contributed by atoms with Crippen LogP contribution in [0.4, 0.5) is 11.5 Å². The normalized spacial score (nSPS) is 16.7. The summed E-state index contributed by atoms with van der Waals surface area (Å²) in [6.45, 7) is 3.38. The van der Waals surface area contributed by atoms with Crippen LogP contribution in [0, 0.1) is 0 Å². The molecule has 4 heterocycles. The van der Waals surface area contributed by atoms with Gasteiger partial charge in [-0.3, -0.25) is 18.9 Å². The summed E-state index contributed by atoms with van der Waals surface area (Å²) in [7, 11) is 1.66. The van der Waals surface area contributed by atoms with Gasteiger partial charge in [0.25, 0.3) is 11.5 Å². The van der Waals surface area contributed by atoms with Crippen molar-refractivity contribution in [2.75, 3.05) is 49.6 Å². The molecule has 0 atom stereocenters. The van der Waals surface area contributed by atoms with Crippen LogP contribution in [0.15, 0.2) is 88.7 Å². The van der Waals surface area contributed by atoms with E-state index in [-0.39, 0.29) is 11.5 Å². The Morgan fingerprint density at radius 1 is 0.927 bits per heavy atom. The summed E-state index contributed by atoms with van der Waals surface area (Å²) in [5.74, 6) is 1.23. The number of carbonyl (C=O) groups excluding carboxylic acids is 1. The van der Waals surface area contributed by atoms with Crippen molar-refractivity contribution in [3.8, 4) is 5.75 Å². The molecule has 1 amide bonds. The first-order valence-corrected chi connectivity index (χ1v) is 14.7. The third-order valence-electron chi connectivity index (χ3n) is 7.38. The van der Waals surface area contributed by atoms with Crippen LogP contribution < -0.4 is 20.1 Å². The molecule has 10 heteroatoms. The van der Waals surface area contributed by atoms with Crippen LogP contribution in [0.25, 0.3) is 11.7 Å². The van der Waals surface area contributed by atoms with Gasteiger partial charge in [-0.2, -0.15) is 0 Å². The van der Waals surface area contributed by atoms with E-state index in [0.717, 1.165) is 30.1 Å². The first kappa shape index (κ1) is 27.0. The number of piperazine rings is 1. The van der Waals surface area contributed by atoms with Gasteiger partial charge in [0.2, 0.25) is 0 Å². The molecule has 208 valence electrons. The molecule has 2 aliphatic heterocycles. The van der Waals surface area contributed by atoms with Crippen molar-refractivity contribution in [1.29, 1.82) is 0 Å². The van der Waals surface area contributed by atoms with Crippen LogP contribution in [0.5, 0.6) is 5.75 Å². The standard InChI is InChI=1S/C31H29N5O3S2/c1-39-24-12-10-23(11-13-24)33-17-19-34(20-18-33)28-25(29(37)35-15-6-5-9-27(35)32-28)21-26-30(38)36(31(40)41-26)16-14-22-7-3-2-4-8-22/h2-13,15,21H,14,16-20H2,1H3. The Morgan fingerprint density at radius 2 is 1.63 bits per heavy atom. The van der Waals surface area contributed by atoms with Gasteiger partial charge in [-0.1, -0.05) is 60.4 Å². The summed E-state index contributed by atoms with van der Waals surface area (Å²) in [6.07, 6.45) is 4.09. The molecule has 6 rings (SSSR count). The molecule has 2 aliphatic rings. The molecule has 0 N–H and O–H groups in total. The van der Waals surface area contributed by atoms with Gasteiger partial charge in [0.1, 0.15) is 21.5 Å². The predicted octanol–water partition coefficient (Wildman–Crippen LogP) is 4.47. The Bertz CT molecular complexity index is 1680. The number of fused-ring (bicyclic) bond motifs is 1. The molecule has 2 saturated heterocycles. The van der Waals surface area contributed by atoms with E-state index < -0.39 is 0 Å². The SMILES string of the molecule is COc1ccc(N2CCN(c3nc4ccccn4c(=O)c3C=C3SC(=S)N(CCc4ccccc4)C3=O)CC2)cc1. The monoisotopic (exact) mass is 583 g/mol. The van der Waals surface area contributed by atoms with Crippen LogP contribution in [0.3, 0.4) is 0 Å². The Balaban J connectivity index is 1.28. The Labute approximate surface area is 247 Å². The van der Waals surface area contributed by atoms with Crippen LogP contribution in [0.2, 0.25) is 0 Å². The molecule has 0 unspecified atom stereocenters. The predicted molar refractivity (Wildman–Crippen MR) is 169 cm³/mol. The lowest BCUT2D eigenvalue weighted by molar-refractivity contribution is -0.122. The molecular formula is C31H29N5O3S2. The molecule has 8 nitrogen and oxygen atoms in total. The molecule has 2 aromatic heterocycles. The molecule has 2 aromatic carbocycles. The van der Waals surface area contributed by atoms with Crippen LogP contribution in [0.1, 0.15) is 11.1 Å². The van der Waals surface area contributed by atoms with E-state index in [9.17, 15) is 9.59 Å². The number of benzene rings is 2. The minimum absolute atomic E-state index is 0.177. The van der Waals surface area contributed by atoms with E-state index in [1.165, 1.54) is 16.2 Å². The summed E-state index contributed by atoms with van der Waals surface area (Å²) >= 11 is 6.81. The maximum atomic E-state index is 13.8. The van der Waals surface area contributed by atoms with Crippen LogP contribution >= 0.6 is 24.0 Å². The highest BCUT2D eigenvalue weighted by molar-refractivity contribution is 8.26. The summed E-state index contributed by atoms with van der Waals surface area (Å²) in [4.78, 5) is 38.6. The van der Waals surface area contributed by atoms with Gasteiger partial charge in [0, 0.05) is 44.6 Å². The van der Waals surface area contributed by atoms with Gasteiger partial charge in [-0.25, -0.2) is 4.98 Å². The van der Waals surface area contributed by atoms with Gasteiger partial charge in [0.05, 0.1) is 17.6 Å². The maximum absolute atomic E-state index is 13.8. The quantitative estimate of drug-likeness (QED) is 0.233. The fraction of sp³-hybridized carbons (Fsp3) is 0.226. The minimum Gasteiger partial charge on any atom is -0.497 e. The lowest BCUT2D eigenvalue weighted by atomic mass is 10.1. The highest BCUT2D eigenvalue weighted by atomic mass is 32.2. The number of thioether (sulfide) groups is 1. The highest BCUT2D eigenvalue weighted by Crippen LogP contribution is 2.34. The second-order valence-electron chi connectivity index (χ2n) is 9.82. The fourth-order valence-corrected chi connectivity index (χ4v) is 6.43. The highest BCUT2D eigenvalue weighted by Gasteiger charge is 2.33. The summed E-state index contributed by atoms with van der Waals surface area (Å²) in [5.41, 5.74) is 3.01. The van der Waals surface area contributed by atoms with Crippen molar-refractivity contribution < 1.29 is 9.53 Å². The molecule has 41 heavy (non-hydrogen) atoms. The Kier molecular flexibility index (Phi) is 7.76. The van der Waals surface area contributed by atoms with Crippen molar-refractivity contribution >= 4 is 57.4 Å². The van der Waals surface area contributed by atoms with Gasteiger partial charge in [0.15, 0.2) is 0 Å². The first-order valence-electron chi connectivity index (χ1n) is 13.5. The zero-order chi connectivity index (χ0) is 28.3. The number of carbonyl (C=O) groups is 1. The van der Waals surface area contributed by atoms with Crippen LogP contribution in [-0.4, -0.2) is 64.3 Å². The molecule has 0 radical (unpaired) electrons. The largest absolute Gasteiger partial charge is 0.497 e. The second kappa shape index (κ2) is 11.8. The van der Waals surface area contributed by atoms with E-state index in [0.29, 0.717) is 52.3 Å². The zero-order valence-electron chi connectivity index (χ0n) is 22.6. The van der Waals surface area contributed by atoms with Gasteiger partial charge < -0.3 is 14.5 Å². The number of nitrogens with zero attached hydrogens (tertiary/aromatic N) is 5. The Hall–Kier alpha value is -4.15. The number of hydrogen-bond donors (Lipinski definition) is 0. The number of rotatable bonds is 7. The fourth-order valence-electron chi connectivity index (χ4n) is 5.14. The van der Waals surface area contributed by atoms with Crippen molar-refractivity contribution in [2.45, 2.75) is 6.42 Å². The van der Waals surface area contributed by atoms with Crippen molar-refractivity contribution in [2.24, 2.45) is 0 Å². The number of aromatic nitrogens is 2. The van der Waals surface area contributed by atoms with Crippen molar-refractivity contribution in [3.63, 3.8) is 0 Å². The average Bonchev–Trinajstić information content (AvgIpc) is 3.29. The second-order valence-corrected chi connectivity index (χ2v) is 11.5. The number of ether oxygens (including phenoxy) is 1. The zero-order valence-corrected chi connectivity index (χ0v) is 24.2. The summed E-state index contributed by atoms with van der Waals surface area (Å²) < 4.78 is 7.32. The lowest BCUT2D eigenvalue weighted by Gasteiger charge is -2.37. The number of anilines is 2. The van der Waals surface area contributed by atoms with Crippen LogP contribution in [-0.2, 0) is 11.2 Å². The smallest absolute Gasteiger partial charge is 0.267 e. The number of thiocarbonyl (C=S) groups is 1. The Morgan fingerprint density at radius 3 is 2.37 bits per heavy atom. The third-order valence-corrected chi connectivity index (χ3v) is 8.76. The number of methoxy groups -OCH3 is 1. The van der Waals surface area contributed by atoms with E-state index in [4.69, 9.17) is 21.9 Å². The topological polar surface area (TPSA) is 70.4 Å². The molecule has 0 aliphatic carbocycles. The van der Waals surface area contributed by atoms with Gasteiger partial charge in [-0.05, 0) is 54.5 Å². The first-order chi connectivity index (χ1) is 20.0. The molecule has 0 spiro atoms. The van der Waals surface area contributed by atoms with E-state index in [2.05, 4.69) is 21.9 Å². The van der Waals surface area contributed by atoms with Crippen molar-refractivity contribution in [1.82, 2.24) is 14.3 Å². The molecule has 0 saturated carbocycles. The number of pyridine rings is 1. The van der Waals surface area contributed by atoms with E-state index in [1.54, 1.807) is 30.3 Å². The molecule has 4 aromatic rings. The summed E-state index contributed by atoms with van der Waals surface area (Å²) in [5, 5.41) is 0. The van der Waals surface area contributed by atoms with E-state index >= 15 is 0 Å². The maximum Gasteiger partial charge on any atom is 0.267 e. The van der Waals surface area contributed by atoms with E-state index in [1.807, 2.05) is 54.6 Å². The minimum atomic E-state index is -0.210. The summed E-state index contributed by atoms with van der Waals surface area (Å²) in [6, 6.07) is 23.5. The third kappa shape index (κ3) is 5.57. The molecule has 0 bridgehead atoms. The average molecular weight is 584 g/mol. The van der Waals surface area contributed by atoms with Gasteiger partial charge in [-0.15, -0.1) is 0 Å². The lowest BCUT2D eigenvalue weighted by Crippen LogP contribution is -2.47. The molecule has 2 fully saturated rings. The van der Waals surface area contributed by atoms with Crippen molar-refractivity contribution in [3.05, 3.63) is 105 Å². The molecular weight excluding hydrogens is 555 g/mol. The number of hydrogen-bond acceptors (Lipinski definition) is 8.